The molecule has 2 aromatic carbocycles. The third-order valence-corrected chi connectivity index (χ3v) is 7.43. The van der Waals surface area contributed by atoms with E-state index in [-0.39, 0.29) is 11.6 Å². The van der Waals surface area contributed by atoms with E-state index in [1.807, 2.05) is 4.90 Å². The Morgan fingerprint density at radius 2 is 1.66 bits per heavy atom. The van der Waals surface area contributed by atoms with Crippen LogP contribution in [0.2, 0.25) is 15.1 Å². The molecule has 1 N–H and O–H groups in total. The number of nitro groups is 1. The van der Waals surface area contributed by atoms with Gasteiger partial charge in [0.15, 0.2) is 5.11 Å². The van der Waals surface area contributed by atoms with Crippen molar-refractivity contribution in [3.8, 4) is 0 Å². The summed E-state index contributed by atoms with van der Waals surface area (Å²) in [6.07, 6.45) is 0. The summed E-state index contributed by atoms with van der Waals surface area (Å²) in [7, 11) is 0. The van der Waals surface area contributed by atoms with Crippen LogP contribution < -0.4 is 5.32 Å². The fraction of sp³-hybridized carbons (Fsp3) is 0.200. The van der Waals surface area contributed by atoms with E-state index in [2.05, 4.69) is 5.32 Å². The maximum absolute atomic E-state index is 13.1. The second-order valence-corrected chi connectivity index (χ2v) is 9.74. The van der Waals surface area contributed by atoms with Gasteiger partial charge in [-0.15, -0.1) is 11.3 Å². The van der Waals surface area contributed by atoms with Crippen LogP contribution in [0.4, 0.5) is 11.4 Å². The number of hydrogen-bond acceptors (Lipinski definition) is 5. The highest BCUT2D eigenvalue weighted by Crippen LogP contribution is 2.38. The number of fused-ring (bicyclic) bond motifs is 1. The van der Waals surface area contributed by atoms with E-state index in [1.165, 1.54) is 12.1 Å². The molecule has 0 atom stereocenters. The Hall–Kier alpha value is -2.17. The molecule has 12 heteroatoms. The van der Waals surface area contributed by atoms with Crippen LogP contribution in [0.25, 0.3) is 10.1 Å². The number of nitrogens with zero attached hydrogens (tertiary/aromatic N) is 3. The molecule has 0 spiro atoms. The van der Waals surface area contributed by atoms with Gasteiger partial charge in [-0.05, 0) is 36.5 Å². The zero-order chi connectivity index (χ0) is 23.0. The molecule has 3 aromatic rings. The summed E-state index contributed by atoms with van der Waals surface area (Å²) in [6.45, 7) is 2.00. The number of rotatable bonds is 3. The SMILES string of the molecule is O=C(c1sc2cc([N+](=O)[O-])ccc2c1Cl)N1CCN(C(=S)Nc2cc(Cl)cc(Cl)c2)CC1. The van der Waals surface area contributed by atoms with Gasteiger partial charge in [0.05, 0.1) is 9.95 Å². The summed E-state index contributed by atoms with van der Waals surface area (Å²) in [4.78, 5) is 27.7. The second kappa shape index (κ2) is 9.36. The highest BCUT2D eigenvalue weighted by molar-refractivity contribution is 7.80. The van der Waals surface area contributed by atoms with Gasteiger partial charge in [0, 0.05) is 64.1 Å². The van der Waals surface area contributed by atoms with E-state index in [1.54, 1.807) is 29.2 Å². The van der Waals surface area contributed by atoms with Crippen molar-refractivity contribution in [2.24, 2.45) is 0 Å². The molecule has 1 aromatic heterocycles. The zero-order valence-corrected chi connectivity index (χ0v) is 20.2. The van der Waals surface area contributed by atoms with Crippen LogP contribution in [-0.2, 0) is 0 Å². The van der Waals surface area contributed by atoms with E-state index >= 15 is 0 Å². The lowest BCUT2D eigenvalue weighted by atomic mass is 10.2. The van der Waals surface area contributed by atoms with Gasteiger partial charge >= 0.3 is 0 Å². The van der Waals surface area contributed by atoms with Crippen molar-refractivity contribution in [1.29, 1.82) is 0 Å². The molecule has 0 saturated carbocycles. The molecule has 1 amide bonds. The Morgan fingerprint density at radius 1 is 1.03 bits per heavy atom. The van der Waals surface area contributed by atoms with Gasteiger partial charge in [-0.2, -0.15) is 0 Å². The lowest BCUT2D eigenvalue weighted by molar-refractivity contribution is -0.384. The number of nitro benzene ring substituents is 1. The fourth-order valence-corrected chi connectivity index (χ4v) is 5.73. The van der Waals surface area contributed by atoms with E-state index in [9.17, 15) is 14.9 Å². The molecule has 0 unspecified atom stereocenters. The van der Waals surface area contributed by atoms with Crippen LogP contribution in [0.5, 0.6) is 0 Å². The monoisotopic (exact) mass is 528 g/mol. The van der Waals surface area contributed by atoms with Gasteiger partial charge in [0.1, 0.15) is 4.88 Å². The lowest BCUT2D eigenvalue weighted by Crippen LogP contribution is -2.51. The van der Waals surface area contributed by atoms with E-state index in [0.717, 1.165) is 11.3 Å². The van der Waals surface area contributed by atoms with Crippen molar-refractivity contribution >= 4 is 90.8 Å². The topological polar surface area (TPSA) is 78.7 Å². The van der Waals surface area contributed by atoms with Crippen molar-refractivity contribution in [2.75, 3.05) is 31.5 Å². The first-order valence-electron chi connectivity index (χ1n) is 9.40. The molecule has 2 heterocycles. The number of halogens is 3. The minimum atomic E-state index is -0.470. The van der Waals surface area contributed by atoms with Crippen molar-refractivity contribution in [2.45, 2.75) is 0 Å². The van der Waals surface area contributed by atoms with Crippen LogP contribution >= 0.6 is 58.4 Å². The molecule has 1 aliphatic rings. The number of piperazine rings is 1. The molecular formula is C20H15Cl3N4O3S2. The van der Waals surface area contributed by atoms with Crippen molar-refractivity contribution < 1.29 is 9.72 Å². The maximum atomic E-state index is 13.1. The first-order valence-corrected chi connectivity index (χ1v) is 11.8. The standard InChI is InChI=1S/C20H15Cl3N4O3S2/c21-11-7-12(22)9-13(8-11)24-20(31)26-5-3-25(4-6-26)19(28)18-17(23)15-2-1-14(27(29)30)10-16(15)32-18/h1-2,7-10H,3-6H2,(H,24,31). The van der Waals surface area contributed by atoms with Crippen molar-refractivity contribution in [3.05, 3.63) is 66.5 Å². The Balaban J connectivity index is 1.42. The summed E-state index contributed by atoms with van der Waals surface area (Å²) >= 11 is 25.1. The quantitative estimate of drug-likeness (QED) is 0.258. The van der Waals surface area contributed by atoms with Gasteiger partial charge in [-0.3, -0.25) is 14.9 Å². The maximum Gasteiger partial charge on any atom is 0.270 e. The Bertz CT molecular complexity index is 1220. The van der Waals surface area contributed by atoms with Gasteiger partial charge in [0.25, 0.3) is 11.6 Å². The third kappa shape index (κ3) is 4.77. The number of non-ortho nitro benzene ring substituents is 1. The highest BCUT2D eigenvalue weighted by Gasteiger charge is 2.27. The van der Waals surface area contributed by atoms with Crippen molar-refractivity contribution in [1.82, 2.24) is 9.80 Å². The number of anilines is 1. The largest absolute Gasteiger partial charge is 0.345 e. The van der Waals surface area contributed by atoms with Gasteiger partial charge in [-0.1, -0.05) is 34.8 Å². The van der Waals surface area contributed by atoms with Crippen LogP contribution in [0, 0.1) is 10.1 Å². The van der Waals surface area contributed by atoms with Crippen LogP contribution in [0.1, 0.15) is 9.67 Å². The Morgan fingerprint density at radius 3 is 2.28 bits per heavy atom. The first-order chi connectivity index (χ1) is 15.2. The van der Waals surface area contributed by atoms with Gasteiger partial charge in [0.2, 0.25) is 0 Å². The summed E-state index contributed by atoms with van der Waals surface area (Å²) in [6, 6.07) is 9.49. The lowest BCUT2D eigenvalue weighted by Gasteiger charge is -2.36. The number of thiocarbonyl (C=S) groups is 1. The summed E-state index contributed by atoms with van der Waals surface area (Å²) in [5.41, 5.74) is 0.655. The Labute approximate surface area is 207 Å². The van der Waals surface area contributed by atoms with Crippen molar-refractivity contribution in [3.63, 3.8) is 0 Å². The molecular weight excluding hydrogens is 515 g/mol. The smallest absolute Gasteiger partial charge is 0.270 e. The predicted octanol–water partition coefficient (Wildman–Crippen LogP) is 5.92. The van der Waals surface area contributed by atoms with Crippen LogP contribution in [-0.4, -0.2) is 51.9 Å². The average Bonchev–Trinajstić information content (AvgIpc) is 3.08. The number of benzene rings is 2. The highest BCUT2D eigenvalue weighted by atomic mass is 35.5. The molecule has 32 heavy (non-hydrogen) atoms. The number of amides is 1. The summed E-state index contributed by atoms with van der Waals surface area (Å²) < 4.78 is 0.608. The molecule has 0 radical (unpaired) electrons. The van der Waals surface area contributed by atoms with Gasteiger partial charge in [-0.25, -0.2) is 0 Å². The fourth-order valence-electron chi connectivity index (χ4n) is 3.39. The summed E-state index contributed by atoms with van der Waals surface area (Å²) in [5, 5.41) is 16.6. The number of hydrogen-bond donors (Lipinski definition) is 1. The third-order valence-electron chi connectivity index (χ3n) is 4.99. The van der Waals surface area contributed by atoms with Crippen LogP contribution in [0.3, 0.4) is 0 Å². The molecule has 1 fully saturated rings. The number of carbonyl (C=O) groups excluding carboxylic acids is 1. The van der Waals surface area contributed by atoms with E-state index in [4.69, 9.17) is 47.0 Å². The second-order valence-electron chi connectivity index (χ2n) is 7.05. The molecule has 4 rings (SSSR count). The Kier molecular flexibility index (Phi) is 6.73. The minimum absolute atomic E-state index is 0.0370. The van der Waals surface area contributed by atoms with E-state index in [0.29, 0.717) is 67.0 Å². The minimum Gasteiger partial charge on any atom is -0.345 e. The molecule has 0 bridgehead atoms. The predicted molar refractivity (Wildman–Crippen MR) is 134 cm³/mol. The molecule has 166 valence electrons. The first kappa shape index (κ1) is 23.0. The average molecular weight is 530 g/mol. The van der Waals surface area contributed by atoms with Gasteiger partial charge < -0.3 is 15.1 Å². The molecule has 1 aliphatic heterocycles. The molecule has 0 aliphatic carbocycles. The normalized spacial score (nSPS) is 14.0. The summed E-state index contributed by atoms with van der Waals surface area (Å²) in [5.74, 6) is -0.195. The number of carbonyl (C=O) groups is 1. The van der Waals surface area contributed by atoms with E-state index < -0.39 is 4.92 Å². The number of nitrogens with one attached hydrogen (secondary N) is 1. The number of thiophene rings is 1. The van der Waals surface area contributed by atoms with Crippen LogP contribution in [0.15, 0.2) is 36.4 Å². The molecule has 1 saturated heterocycles. The molecule has 7 nitrogen and oxygen atoms in total. The zero-order valence-electron chi connectivity index (χ0n) is 16.3.